The summed E-state index contributed by atoms with van der Waals surface area (Å²) < 4.78 is 0. The van der Waals surface area contributed by atoms with Crippen molar-refractivity contribution in [2.24, 2.45) is 23.5 Å². The second-order valence-corrected chi connectivity index (χ2v) is 6.08. The van der Waals surface area contributed by atoms with Gasteiger partial charge in [-0.1, -0.05) is 0 Å². The number of primary amides is 1. The van der Waals surface area contributed by atoms with E-state index in [1.54, 1.807) is 19.2 Å². The Kier molecular flexibility index (Phi) is 3.31. The fraction of sp³-hybridized carbons (Fsp3) is 0.533. The molecule has 1 aromatic heterocycles. The number of fused-ring (bicyclic) bond motifs is 2. The van der Waals surface area contributed by atoms with Gasteiger partial charge >= 0.3 is 5.97 Å². The van der Waals surface area contributed by atoms with E-state index in [9.17, 15) is 14.7 Å². The number of aryl methyl sites for hydroxylation is 1. The number of hydrogen-bond donors (Lipinski definition) is 3. The highest BCUT2D eigenvalue weighted by atomic mass is 16.4. The average molecular weight is 289 g/mol. The van der Waals surface area contributed by atoms with Gasteiger partial charge in [-0.3, -0.25) is 9.59 Å². The van der Waals surface area contributed by atoms with Crippen molar-refractivity contribution in [3.8, 4) is 0 Å². The van der Waals surface area contributed by atoms with Gasteiger partial charge in [-0.25, -0.2) is 4.98 Å². The van der Waals surface area contributed by atoms with Gasteiger partial charge in [-0.15, -0.1) is 0 Å². The van der Waals surface area contributed by atoms with Crippen LogP contribution in [0, 0.1) is 24.7 Å². The first-order valence-electron chi connectivity index (χ1n) is 7.23. The lowest BCUT2D eigenvalue weighted by Crippen LogP contribution is -2.40. The van der Waals surface area contributed by atoms with Crippen LogP contribution < -0.4 is 11.1 Å². The number of pyridine rings is 1. The van der Waals surface area contributed by atoms with Gasteiger partial charge < -0.3 is 16.2 Å². The number of carboxylic acid groups (broad SMARTS) is 1. The van der Waals surface area contributed by atoms with E-state index in [2.05, 4.69) is 10.3 Å². The van der Waals surface area contributed by atoms with Crippen LogP contribution in [-0.4, -0.2) is 28.0 Å². The summed E-state index contributed by atoms with van der Waals surface area (Å²) in [4.78, 5) is 27.3. The Bertz CT molecular complexity index is 602. The van der Waals surface area contributed by atoms with Crippen molar-refractivity contribution in [3.63, 3.8) is 0 Å². The Morgan fingerprint density at radius 3 is 2.76 bits per heavy atom. The Morgan fingerprint density at radius 1 is 1.38 bits per heavy atom. The molecule has 0 radical (unpaired) electrons. The lowest BCUT2D eigenvalue weighted by Gasteiger charge is -2.29. The first-order valence-corrected chi connectivity index (χ1v) is 7.23. The van der Waals surface area contributed by atoms with Crippen molar-refractivity contribution in [2.75, 3.05) is 5.32 Å². The van der Waals surface area contributed by atoms with Crippen molar-refractivity contribution < 1.29 is 14.7 Å². The summed E-state index contributed by atoms with van der Waals surface area (Å²) >= 11 is 0. The molecule has 1 amide bonds. The van der Waals surface area contributed by atoms with Crippen molar-refractivity contribution in [3.05, 3.63) is 23.4 Å². The second kappa shape index (κ2) is 5.02. The molecule has 3 rings (SSSR count). The second-order valence-electron chi connectivity index (χ2n) is 6.08. The van der Waals surface area contributed by atoms with E-state index >= 15 is 0 Å². The van der Waals surface area contributed by atoms with E-state index in [0.29, 0.717) is 17.3 Å². The van der Waals surface area contributed by atoms with Crippen LogP contribution >= 0.6 is 0 Å². The largest absolute Gasteiger partial charge is 0.481 e. The number of carboxylic acids is 1. The maximum absolute atomic E-state index is 11.6. The highest BCUT2D eigenvalue weighted by Crippen LogP contribution is 2.49. The lowest BCUT2D eigenvalue weighted by atomic mass is 9.84. The molecule has 0 saturated heterocycles. The number of carbonyl (C=O) groups is 2. The maximum Gasteiger partial charge on any atom is 0.308 e. The Hall–Kier alpha value is -2.11. The minimum atomic E-state index is -0.770. The molecule has 6 heteroatoms. The summed E-state index contributed by atoms with van der Waals surface area (Å²) in [5.41, 5.74) is 6.52. The number of hydrogen-bond acceptors (Lipinski definition) is 4. The number of nitrogens with zero attached hydrogens (tertiary/aromatic N) is 1. The molecule has 0 spiro atoms. The van der Waals surface area contributed by atoms with Crippen molar-refractivity contribution >= 4 is 17.7 Å². The van der Waals surface area contributed by atoms with Crippen LogP contribution in [0.2, 0.25) is 0 Å². The Morgan fingerprint density at radius 2 is 2.10 bits per heavy atom. The smallest absolute Gasteiger partial charge is 0.308 e. The van der Waals surface area contributed by atoms with Gasteiger partial charge in [0.2, 0.25) is 0 Å². The van der Waals surface area contributed by atoms with Crippen LogP contribution in [0.5, 0.6) is 0 Å². The predicted molar refractivity (Wildman–Crippen MR) is 76.9 cm³/mol. The first-order chi connectivity index (χ1) is 9.99. The molecule has 2 saturated carbocycles. The average Bonchev–Trinajstić information content (AvgIpc) is 2.98. The van der Waals surface area contributed by atoms with Gasteiger partial charge in [0, 0.05) is 12.2 Å². The van der Waals surface area contributed by atoms with Crippen molar-refractivity contribution in [1.82, 2.24) is 4.98 Å². The van der Waals surface area contributed by atoms with Crippen LogP contribution in [0.25, 0.3) is 0 Å². The van der Waals surface area contributed by atoms with E-state index in [1.807, 2.05) is 0 Å². The third-order valence-electron chi connectivity index (χ3n) is 4.91. The number of carbonyl (C=O) groups excluding carboxylic acids is 1. The standard InChI is InChI=1S/C15H19N3O3/c1-7-4-5-17-14(10(7)13(16)19)18-12-9-3-2-8(6-9)11(12)15(20)21/h4-5,8-9,11-12H,2-3,6H2,1H3,(H2,16,19)(H,17,18)(H,20,21). The molecule has 2 bridgehead atoms. The Labute approximate surface area is 122 Å². The minimum Gasteiger partial charge on any atom is -0.481 e. The number of amides is 1. The molecular weight excluding hydrogens is 270 g/mol. The molecule has 0 aromatic carbocycles. The minimum absolute atomic E-state index is 0.173. The van der Waals surface area contributed by atoms with Crippen LogP contribution in [0.15, 0.2) is 12.3 Å². The fourth-order valence-electron chi connectivity index (χ4n) is 3.99. The van der Waals surface area contributed by atoms with Gasteiger partial charge in [-0.05, 0) is 49.7 Å². The summed E-state index contributed by atoms with van der Waals surface area (Å²) in [5.74, 6) is -0.754. The number of nitrogens with two attached hydrogens (primary N) is 1. The molecule has 2 aliphatic rings. The molecule has 1 heterocycles. The van der Waals surface area contributed by atoms with Gasteiger partial charge in [0.25, 0.3) is 5.91 Å². The summed E-state index contributed by atoms with van der Waals surface area (Å²) in [6.45, 7) is 1.79. The van der Waals surface area contributed by atoms with Crippen LogP contribution in [0.1, 0.15) is 35.2 Å². The summed E-state index contributed by atoms with van der Waals surface area (Å²) in [7, 11) is 0. The van der Waals surface area contributed by atoms with Crippen LogP contribution in [0.4, 0.5) is 5.82 Å². The zero-order valence-corrected chi connectivity index (χ0v) is 11.9. The highest BCUT2D eigenvalue weighted by Gasteiger charge is 2.51. The summed E-state index contributed by atoms with van der Waals surface area (Å²) in [6, 6.07) is 1.55. The first kappa shape index (κ1) is 13.9. The van der Waals surface area contributed by atoms with Gasteiger partial charge in [-0.2, -0.15) is 0 Å². The SMILES string of the molecule is Cc1ccnc(NC2C3CCC(C3)C2C(=O)O)c1C(N)=O. The zero-order valence-electron chi connectivity index (χ0n) is 11.9. The predicted octanol–water partition coefficient (Wildman–Crippen LogP) is 1.40. The molecule has 4 atom stereocenters. The normalized spacial score (nSPS) is 30.3. The third kappa shape index (κ3) is 2.24. The number of nitrogens with one attached hydrogen (secondary N) is 1. The van der Waals surface area contributed by atoms with Crippen molar-refractivity contribution in [2.45, 2.75) is 32.2 Å². The summed E-state index contributed by atoms with van der Waals surface area (Å²) in [6.07, 6.45) is 4.55. The molecule has 2 fully saturated rings. The summed E-state index contributed by atoms with van der Waals surface area (Å²) in [5, 5.41) is 12.7. The van der Waals surface area contributed by atoms with Crippen LogP contribution in [-0.2, 0) is 4.79 Å². The van der Waals surface area contributed by atoms with E-state index in [4.69, 9.17) is 5.73 Å². The molecule has 4 unspecified atom stereocenters. The molecule has 6 nitrogen and oxygen atoms in total. The van der Waals surface area contributed by atoms with Gasteiger partial charge in [0.05, 0.1) is 11.5 Å². The highest BCUT2D eigenvalue weighted by molar-refractivity contribution is 5.99. The molecule has 2 aliphatic carbocycles. The fourth-order valence-corrected chi connectivity index (χ4v) is 3.99. The quantitative estimate of drug-likeness (QED) is 0.777. The number of anilines is 1. The van der Waals surface area contributed by atoms with E-state index in [0.717, 1.165) is 24.8 Å². The molecule has 21 heavy (non-hydrogen) atoms. The molecule has 4 N–H and O–H groups in total. The van der Waals surface area contributed by atoms with Crippen LogP contribution in [0.3, 0.4) is 0 Å². The van der Waals surface area contributed by atoms with E-state index in [-0.39, 0.29) is 12.0 Å². The lowest BCUT2D eigenvalue weighted by molar-refractivity contribution is -0.143. The zero-order chi connectivity index (χ0) is 15.1. The number of aromatic nitrogens is 1. The molecular formula is C15H19N3O3. The van der Waals surface area contributed by atoms with Gasteiger partial charge in [0.1, 0.15) is 5.82 Å². The molecule has 112 valence electrons. The molecule has 1 aromatic rings. The Balaban J connectivity index is 1.92. The number of rotatable bonds is 4. The van der Waals surface area contributed by atoms with E-state index < -0.39 is 17.8 Å². The molecule has 0 aliphatic heterocycles. The third-order valence-corrected chi connectivity index (χ3v) is 4.91. The number of aliphatic carboxylic acids is 1. The maximum atomic E-state index is 11.6. The van der Waals surface area contributed by atoms with Crippen molar-refractivity contribution in [1.29, 1.82) is 0 Å². The van der Waals surface area contributed by atoms with E-state index in [1.165, 1.54) is 0 Å². The van der Waals surface area contributed by atoms with Gasteiger partial charge in [0.15, 0.2) is 0 Å². The topological polar surface area (TPSA) is 105 Å². The monoisotopic (exact) mass is 289 g/mol.